The van der Waals surface area contributed by atoms with Crippen LogP contribution in [0.1, 0.15) is 43.9 Å². The Labute approximate surface area is 122 Å². The van der Waals surface area contributed by atoms with Crippen molar-refractivity contribution in [2.24, 2.45) is 12.5 Å². The van der Waals surface area contributed by atoms with Gasteiger partial charge < -0.3 is 5.32 Å². The molecule has 2 aliphatic heterocycles. The average molecular weight is 276 g/mol. The number of nitrogens with one attached hydrogen (secondary N) is 1. The second kappa shape index (κ2) is 5.86. The zero-order valence-corrected chi connectivity index (χ0v) is 13.0. The molecule has 1 aromatic heterocycles. The summed E-state index contributed by atoms with van der Waals surface area (Å²) in [5, 5.41) is 8.19. The number of aromatic nitrogens is 2. The fourth-order valence-electron chi connectivity index (χ4n) is 4.08. The lowest BCUT2D eigenvalue weighted by atomic mass is 9.74. The van der Waals surface area contributed by atoms with Crippen LogP contribution in [0.25, 0.3) is 0 Å². The number of hydrogen-bond donors (Lipinski definition) is 1. The van der Waals surface area contributed by atoms with E-state index in [-0.39, 0.29) is 0 Å². The van der Waals surface area contributed by atoms with E-state index in [1.165, 1.54) is 63.1 Å². The highest BCUT2D eigenvalue weighted by atomic mass is 15.3. The molecule has 0 bridgehead atoms. The lowest BCUT2D eigenvalue weighted by Crippen LogP contribution is -2.50. The summed E-state index contributed by atoms with van der Waals surface area (Å²) in [5.41, 5.74) is 3.25. The van der Waals surface area contributed by atoms with Crippen molar-refractivity contribution in [3.8, 4) is 0 Å². The molecule has 3 rings (SSSR count). The topological polar surface area (TPSA) is 33.1 Å². The molecule has 20 heavy (non-hydrogen) atoms. The van der Waals surface area contributed by atoms with Gasteiger partial charge in [-0.3, -0.25) is 9.58 Å². The van der Waals surface area contributed by atoms with Gasteiger partial charge in [0.25, 0.3) is 0 Å². The molecule has 1 aromatic rings. The van der Waals surface area contributed by atoms with Crippen LogP contribution in [0.4, 0.5) is 0 Å². The van der Waals surface area contributed by atoms with Crippen LogP contribution >= 0.6 is 0 Å². The predicted octanol–water partition coefficient (Wildman–Crippen LogP) is 1.95. The molecular weight excluding hydrogens is 248 g/mol. The van der Waals surface area contributed by atoms with E-state index >= 15 is 0 Å². The van der Waals surface area contributed by atoms with Gasteiger partial charge in [-0.1, -0.05) is 6.92 Å². The molecule has 1 unspecified atom stereocenters. The minimum atomic E-state index is 0.547. The van der Waals surface area contributed by atoms with Gasteiger partial charge in [0.05, 0.1) is 5.69 Å². The Morgan fingerprint density at radius 3 is 2.95 bits per heavy atom. The first-order valence-electron chi connectivity index (χ1n) is 8.15. The van der Waals surface area contributed by atoms with Gasteiger partial charge in [-0.2, -0.15) is 5.10 Å². The Kier molecular flexibility index (Phi) is 4.13. The number of aryl methyl sites for hydroxylation is 2. The Morgan fingerprint density at radius 2 is 2.20 bits per heavy atom. The molecule has 4 nitrogen and oxygen atoms in total. The summed E-state index contributed by atoms with van der Waals surface area (Å²) in [6, 6.07) is 0. The Bertz CT molecular complexity index is 440. The average Bonchev–Trinajstić information content (AvgIpc) is 2.80. The first kappa shape index (κ1) is 14.1. The maximum atomic E-state index is 4.58. The summed E-state index contributed by atoms with van der Waals surface area (Å²) >= 11 is 0. The van der Waals surface area contributed by atoms with Crippen molar-refractivity contribution in [1.82, 2.24) is 20.0 Å². The molecule has 2 aliphatic rings. The van der Waals surface area contributed by atoms with Gasteiger partial charge in [0.15, 0.2) is 0 Å². The largest absolute Gasteiger partial charge is 0.316 e. The third kappa shape index (κ3) is 2.91. The highest BCUT2D eigenvalue weighted by Gasteiger charge is 2.36. The summed E-state index contributed by atoms with van der Waals surface area (Å²) < 4.78 is 1.97. The fourth-order valence-corrected chi connectivity index (χ4v) is 4.08. The van der Waals surface area contributed by atoms with Crippen LogP contribution in [-0.2, 0) is 20.0 Å². The maximum Gasteiger partial charge on any atom is 0.0666 e. The minimum absolute atomic E-state index is 0.547. The van der Waals surface area contributed by atoms with Crippen molar-refractivity contribution in [2.75, 3.05) is 26.2 Å². The molecule has 4 heteroatoms. The van der Waals surface area contributed by atoms with E-state index in [2.05, 4.69) is 28.4 Å². The first-order valence-corrected chi connectivity index (χ1v) is 8.15. The Balaban J connectivity index is 1.67. The zero-order chi connectivity index (χ0) is 14.0. The van der Waals surface area contributed by atoms with Crippen LogP contribution in [0.5, 0.6) is 0 Å². The molecule has 1 N–H and O–H groups in total. The summed E-state index contributed by atoms with van der Waals surface area (Å²) in [4.78, 5) is 2.66. The van der Waals surface area contributed by atoms with Crippen LogP contribution in [0.2, 0.25) is 0 Å². The molecule has 0 amide bonds. The molecule has 3 heterocycles. The van der Waals surface area contributed by atoms with Crippen molar-refractivity contribution in [3.05, 3.63) is 17.5 Å². The van der Waals surface area contributed by atoms with Crippen LogP contribution < -0.4 is 5.32 Å². The molecule has 2 fully saturated rings. The molecule has 1 spiro atoms. The second-order valence-electron chi connectivity index (χ2n) is 6.72. The van der Waals surface area contributed by atoms with E-state index in [1.54, 1.807) is 0 Å². The summed E-state index contributed by atoms with van der Waals surface area (Å²) in [6.45, 7) is 8.23. The fraction of sp³-hybridized carbons (Fsp3) is 0.812. The van der Waals surface area contributed by atoms with Gasteiger partial charge in [-0.15, -0.1) is 0 Å². The van der Waals surface area contributed by atoms with Crippen molar-refractivity contribution in [3.63, 3.8) is 0 Å². The lowest BCUT2D eigenvalue weighted by molar-refractivity contribution is 0.0599. The number of piperidine rings is 2. The van der Waals surface area contributed by atoms with Crippen LogP contribution in [-0.4, -0.2) is 40.9 Å². The number of hydrogen-bond acceptors (Lipinski definition) is 3. The van der Waals surface area contributed by atoms with Crippen LogP contribution in [0.15, 0.2) is 6.20 Å². The van der Waals surface area contributed by atoms with Crippen LogP contribution in [0.3, 0.4) is 0 Å². The Hall–Kier alpha value is -0.870. The van der Waals surface area contributed by atoms with Gasteiger partial charge in [0.1, 0.15) is 0 Å². The maximum absolute atomic E-state index is 4.58. The molecule has 112 valence electrons. The summed E-state index contributed by atoms with van der Waals surface area (Å²) in [7, 11) is 2.03. The lowest BCUT2D eigenvalue weighted by Gasteiger charge is -2.45. The molecule has 0 radical (unpaired) electrons. The minimum Gasteiger partial charge on any atom is -0.316 e. The van der Waals surface area contributed by atoms with Crippen molar-refractivity contribution >= 4 is 0 Å². The van der Waals surface area contributed by atoms with Gasteiger partial charge in [-0.25, -0.2) is 0 Å². The summed E-state index contributed by atoms with van der Waals surface area (Å²) in [6.07, 6.45) is 8.76. The van der Waals surface area contributed by atoms with Crippen LogP contribution in [0, 0.1) is 5.41 Å². The second-order valence-corrected chi connectivity index (χ2v) is 6.72. The highest BCUT2D eigenvalue weighted by Crippen LogP contribution is 2.36. The normalized spacial score (nSPS) is 28.1. The molecule has 2 saturated heterocycles. The third-order valence-corrected chi connectivity index (χ3v) is 5.02. The predicted molar refractivity (Wildman–Crippen MR) is 81.6 cm³/mol. The van der Waals surface area contributed by atoms with Gasteiger partial charge in [0, 0.05) is 38.4 Å². The number of nitrogens with zero attached hydrogens (tertiary/aromatic N) is 3. The number of rotatable bonds is 3. The van der Waals surface area contributed by atoms with Crippen molar-refractivity contribution in [2.45, 2.75) is 45.6 Å². The molecular formula is C16H28N4. The molecule has 0 saturated carbocycles. The smallest absolute Gasteiger partial charge is 0.0666 e. The quantitative estimate of drug-likeness (QED) is 0.916. The Morgan fingerprint density at radius 1 is 1.35 bits per heavy atom. The van der Waals surface area contributed by atoms with E-state index in [0.717, 1.165) is 13.0 Å². The standard InChI is InChI=1S/C16H28N4/c1-3-15-14(10-19(2)18-15)11-20-9-5-7-16(13-20)6-4-8-17-12-16/h10,17H,3-9,11-13H2,1-2H3. The molecule has 0 aromatic carbocycles. The zero-order valence-electron chi connectivity index (χ0n) is 13.0. The molecule has 0 aliphatic carbocycles. The first-order chi connectivity index (χ1) is 9.71. The van der Waals surface area contributed by atoms with E-state index in [1.807, 2.05) is 11.7 Å². The van der Waals surface area contributed by atoms with E-state index in [0.29, 0.717) is 5.41 Å². The van der Waals surface area contributed by atoms with Gasteiger partial charge >= 0.3 is 0 Å². The highest BCUT2D eigenvalue weighted by molar-refractivity contribution is 5.17. The van der Waals surface area contributed by atoms with E-state index in [9.17, 15) is 0 Å². The van der Waals surface area contributed by atoms with Gasteiger partial charge in [-0.05, 0) is 50.6 Å². The molecule has 1 atom stereocenters. The SMILES string of the molecule is CCc1nn(C)cc1CN1CCCC2(CCCNC2)C1. The van der Waals surface area contributed by atoms with Crippen molar-refractivity contribution in [1.29, 1.82) is 0 Å². The summed E-state index contributed by atoms with van der Waals surface area (Å²) in [5.74, 6) is 0. The third-order valence-electron chi connectivity index (χ3n) is 5.02. The monoisotopic (exact) mass is 276 g/mol. The number of likely N-dealkylation sites (tertiary alicyclic amines) is 1. The van der Waals surface area contributed by atoms with Gasteiger partial charge in [0.2, 0.25) is 0 Å². The van der Waals surface area contributed by atoms with Crippen molar-refractivity contribution < 1.29 is 0 Å². The van der Waals surface area contributed by atoms with E-state index in [4.69, 9.17) is 0 Å². The van der Waals surface area contributed by atoms with E-state index < -0.39 is 0 Å².